The Kier molecular flexibility index (Phi) is 5.12. The lowest BCUT2D eigenvalue weighted by molar-refractivity contribution is 0.0532. The van der Waals surface area contributed by atoms with E-state index >= 15 is 0 Å². The molecule has 2 atom stereocenters. The van der Waals surface area contributed by atoms with Gasteiger partial charge < -0.3 is 0 Å². The molecule has 2 heterocycles. The predicted molar refractivity (Wildman–Crippen MR) is 158 cm³/mol. The number of amides is 4. The van der Waals surface area contributed by atoms with Crippen LogP contribution in [0.4, 0.5) is 0 Å². The van der Waals surface area contributed by atoms with E-state index in [1.54, 1.807) is 18.2 Å². The van der Waals surface area contributed by atoms with Gasteiger partial charge in [-0.05, 0) is 85.0 Å². The van der Waals surface area contributed by atoms with E-state index in [0.717, 1.165) is 27.1 Å². The minimum atomic E-state index is -0.397. The van der Waals surface area contributed by atoms with Gasteiger partial charge in [0.2, 0.25) is 0 Å². The maximum atomic E-state index is 13.7. The van der Waals surface area contributed by atoms with Crippen LogP contribution in [0.15, 0.2) is 36.4 Å². The number of fused-ring (bicyclic) bond motifs is 2. The fourth-order valence-electron chi connectivity index (χ4n) is 6.96. The van der Waals surface area contributed by atoms with Gasteiger partial charge in [-0.15, -0.1) is 0 Å². The molecule has 0 fully saturated rings. The van der Waals surface area contributed by atoms with Crippen molar-refractivity contribution in [3.63, 3.8) is 0 Å². The van der Waals surface area contributed by atoms with E-state index in [4.69, 9.17) is 0 Å². The fourth-order valence-corrected chi connectivity index (χ4v) is 6.96. The molecule has 5 aromatic rings. The monoisotopic (exact) mass is 541 g/mol. The molecular weight excluding hydrogens is 514 g/mol. The van der Waals surface area contributed by atoms with Gasteiger partial charge in [-0.25, -0.2) is 0 Å². The van der Waals surface area contributed by atoms with Crippen molar-refractivity contribution in [2.45, 2.75) is 59.5 Å². The van der Waals surface area contributed by atoms with Crippen LogP contribution in [0.2, 0.25) is 0 Å². The summed E-state index contributed by atoms with van der Waals surface area (Å²) in [6.07, 6.45) is 1.25. The summed E-state index contributed by atoms with van der Waals surface area (Å²) in [4.78, 5) is 57.5. The molecule has 2 aliphatic rings. The van der Waals surface area contributed by atoms with Crippen LogP contribution >= 0.6 is 0 Å². The number of nitrogens with zero attached hydrogens (tertiary/aromatic N) is 3. The summed E-state index contributed by atoms with van der Waals surface area (Å²) >= 11 is 0. The maximum absolute atomic E-state index is 13.7. The lowest BCUT2D eigenvalue weighted by Crippen LogP contribution is -2.45. The Morgan fingerprint density at radius 3 is 1.56 bits per heavy atom. The second kappa shape index (κ2) is 8.34. The molecule has 0 aliphatic carbocycles. The molecule has 7 rings (SSSR count). The number of imide groups is 2. The van der Waals surface area contributed by atoms with Gasteiger partial charge in [0.05, 0.1) is 17.2 Å². The van der Waals surface area contributed by atoms with Crippen LogP contribution in [-0.4, -0.2) is 45.5 Å². The van der Waals surface area contributed by atoms with Gasteiger partial charge in [0.1, 0.15) is 0 Å². The number of hydrogen-bond donors (Lipinski definition) is 0. The Balaban J connectivity index is 1.69. The fraction of sp³-hybridized carbons (Fsp3) is 0.265. The van der Waals surface area contributed by atoms with E-state index in [1.165, 1.54) is 9.80 Å². The molecular formula is C34H27N3O4. The number of hydrogen-bond acceptors (Lipinski definition) is 5. The first kappa shape index (κ1) is 25.2. The Morgan fingerprint density at radius 2 is 1.07 bits per heavy atom. The summed E-state index contributed by atoms with van der Waals surface area (Å²) in [6, 6.07) is 12.4. The van der Waals surface area contributed by atoms with Gasteiger partial charge in [0, 0.05) is 50.3 Å². The zero-order valence-electron chi connectivity index (χ0n) is 23.5. The van der Waals surface area contributed by atoms with Crippen molar-refractivity contribution in [1.82, 2.24) is 9.80 Å². The third-order valence-electron chi connectivity index (χ3n) is 9.28. The molecule has 7 nitrogen and oxygen atoms in total. The molecule has 0 saturated heterocycles. The molecule has 0 N–H and O–H groups in total. The van der Waals surface area contributed by atoms with Gasteiger partial charge in [-0.3, -0.25) is 29.0 Å². The highest BCUT2D eigenvalue weighted by atomic mass is 16.2. The molecule has 0 saturated carbocycles. The summed E-state index contributed by atoms with van der Waals surface area (Å²) in [6.45, 7) is 9.53. The Bertz CT molecular complexity index is 2120. The molecule has 0 aromatic heterocycles. The van der Waals surface area contributed by atoms with Gasteiger partial charge >= 0.3 is 0 Å². The van der Waals surface area contributed by atoms with Crippen LogP contribution in [-0.2, 0) is 0 Å². The first-order valence-corrected chi connectivity index (χ1v) is 14.1. The normalized spacial score (nSPS) is 16.5. The average molecular weight is 542 g/mol. The predicted octanol–water partition coefficient (Wildman–Crippen LogP) is 6.71. The molecule has 0 spiro atoms. The minimum absolute atomic E-state index is 0.252. The van der Waals surface area contributed by atoms with E-state index in [9.17, 15) is 24.4 Å². The van der Waals surface area contributed by atoms with Crippen molar-refractivity contribution >= 4 is 66.7 Å². The number of nitriles is 1. The third-order valence-corrected chi connectivity index (χ3v) is 9.28. The largest absolute Gasteiger partial charge is 0.272 e. The zero-order chi connectivity index (χ0) is 29.1. The van der Waals surface area contributed by atoms with Gasteiger partial charge in [-0.1, -0.05) is 26.0 Å². The smallest absolute Gasteiger partial charge is 0.261 e. The van der Waals surface area contributed by atoms with E-state index in [-0.39, 0.29) is 29.8 Å². The second-order valence-corrected chi connectivity index (χ2v) is 11.4. The molecule has 0 bridgehead atoms. The molecule has 2 aliphatic heterocycles. The quantitative estimate of drug-likeness (QED) is 0.143. The highest BCUT2D eigenvalue weighted by molar-refractivity contribution is 6.42. The minimum Gasteiger partial charge on any atom is -0.272 e. The summed E-state index contributed by atoms with van der Waals surface area (Å²) in [7, 11) is 0. The summed E-state index contributed by atoms with van der Waals surface area (Å²) < 4.78 is 0. The van der Waals surface area contributed by atoms with Crippen LogP contribution in [0.25, 0.3) is 43.1 Å². The van der Waals surface area contributed by atoms with Crippen molar-refractivity contribution in [2.75, 3.05) is 0 Å². The maximum Gasteiger partial charge on any atom is 0.261 e. The number of carbonyl (C=O) groups excluding carboxylic acids is 4. The molecule has 2 unspecified atom stereocenters. The lowest BCUT2D eigenvalue weighted by Gasteiger charge is -2.34. The van der Waals surface area contributed by atoms with Crippen molar-refractivity contribution in [3.05, 3.63) is 69.8 Å². The highest BCUT2D eigenvalue weighted by Gasteiger charge is 2.39. The average Bonchev–Trinajstić information content (AvgIpc) is 2.97. The topological polar surface area (TPSA) is 98.6 Å². The number of benzene rings is 5. The van der Waals surface area contributed by atoms with Crippen LogP contribution in [0.1, 0.15) is 93.1 Å². The van der Waals surface area contributed by atoms with Crippen LogP contribution < -0.4 is 0 Å². The molecule has 4 amide bonds. The van der Waals surface area contributed by atoms with Crippen LogP contribution in [0.3, 0.4) is 0 Å². The second-order valence-electron chi connectivity index (χ2n) is 11.4. The summed E-state index contributed by atoms with van der Waals surface area (Å²) in [5.41, 5.74) is 2.87. The van der Waals surface area contributed by atoms with E-state index in [2.05, 4.69) is 6.07 Å². The van der Waals surface area contributed by atoms with E-state index < -0.39 is 5.91 Å². The van der Waals surface area contributed by atoms with Crippen molar-refractivity contribution in [2.24, 2.45) is 0 Å². The number of carbonyl (C=O) groups is 4. The first-order valence-electron chi connectivity index (χ1n) is 14.1. The summed E-state index contributed by atoms with van der Waals surface area (Å²) in [5, 5.41) is 15.9. The Labute approximate surface area is 236 Å². The standard InChI is InChI=1S/C34H27N3O4/c1-6-16(4)36-31(38)21-11-9-20-26-18(14-35)13-24-28-22(32(39)37(34(24)41)17(5)7-2)10-8-19(30(26)28)25-15(3)12-23(33(36)40)27(21)29(20)25/h8-13,16-17H,6-7H2,1-5H3. The van der Waals surface area contributed by atoms with Crippen LogP contribution in [0.5, 0.6) is 0 Å². The lowest BCUT2D eigenvalue weighted by atomic mass is 9.79. The Hall–Kier alpha value is -4.83. The Morgan fingerprint density at radius 1 is 0.634 bits per heavy atom. The highest BCUT2D eigenvalue weighted by Crippen LogP contribution is 2.48. The van der Waals surface area contributed by atoms with E-state index in [0.29, 0.717) is 62.2 Å². The van der Waals surface area contributed by atoms with Crippen molar-refractivity contribution in [3.8, 4) is 6.07 Å². The number of aryl methyl sites for hydroxylation is 1. The van der Waals surface area contributed by atoms with Gasteiger partial charge in [0.25, 0.3) is 23.6 Å². The number of rotatable bonds is 4. The van der Waals surface area contributed by atoms with Crippen molar-refractivity contribution < 1.29 is 19.2 Å². The molecule has 41 heavy (non-hydrogen) atoms. The first-order chi connectivity index (χ1) is 19.7. The third kappa shape index (κ3) is 2.92. The molecule has 5 aromatic carbocycles. The molecule has 7 heteroatoms. The molecule has 202 valence electrons. The van der Waals surface area contributed by atoms with E-state index in [1.807, 2.05) is 52.8 Å². The summed E-state index contributed by atoms with van der Waals surface area (Å²) in [5.74, 6) is -1.38. The van der Waals surface area contributed by atoms with Crippen molar-refractivity contribution in [1.29, 1.82) is 5.26 Å². The van der Waals surface area contributed by atoms with Gasteiger partial charge in [0.15, 0.2) is 0 Å². The SMILES string of the molecule is CCC(C)N1C(=O)c2ccc3c4c(C#N)cc5c6c(ccc(c7c(C)cc(c2c37)C1=O)c64)C(=O)N(C(C)CC)C5=O. The van der Waals surface area contributed by atoms with Gasteiger partial charge in [-0.2, -0.15) is 5.26 Å². The van der Waals surface area contributed by atoms with Crippen LogP contribution in [0, 0.1) is 18.3 Å². The zero-order valence-corrected chi connectivity index (χ0v) is 23.5. The molecule has 0 radical (unpaired) electrons.